The molecule has 1 aromatic heterocycles. The molecular weight excluding hydrogens is 178 g/mol. The molecule has 3 heteroatoms. The van der Waals surface area contributed by atoms with Crippen LogP contribution in [-0.4, -0.2) is 18.2 Å². The Hall–Kier alpha value is -1.25. The summed E-state index contributed by atoms with van der Waals surface area (Å²) >= 11 is 0. The van der Waals surface area contributed by atoms with Gasteiger partial charge in [-0.2, -0.15) is 0 Å². The molecule has 0 atom stereocenters. The smallest absolute Gasteiger partial charge is 0.219 e. The van der Waals surface area contributed by atoms with Gasteiger partial charge in [0, 0.05) is 6.20 Å². The van der Waals surface area contributed by atoms with Gasteiger partial charge >= 0.3 is 0 Å². The summed E-state index contributed by atoms with van der Waals surface area (Å²) in [4.78, 5) is 4.11. The summed E-state index contributed by atoms with van der Waals surface area (Å²) in [6, 6.07) is 1.90. The van der Waals surface area contributed by atoms with Gasteiger partial charge in [-0.05, 0) is 32.3 Å². The van der Waals surface area contributed by atoms with Gasteiger partial charge in [0.05, 0.1) is 18.8 Å². The van der Waals surface area contributed by atoms with E-state index in [0.29, 0.717) is 12.0 Å². The maximum absolute atomic E-state index is 5.80. The first-order valence-electron chi connectivity index (χ1n) is 4.97. The Bertz CT molecular complexity index is 321. The highest BCUT2D eigenvalue weighted by Gasteiger charge is 2.20. The van der Waals surface area contributed by atoms with Crippen molar-refractivity contribution < 1.29 is 9.47 Å². The fraction of sp³-hybridized carbons (Fsp3) is 0.545. The van der Waals surface area contributed by atoms with Crippen molar-refractivity contribution in [2.24, 2.45) is 0 Å². The van der Waals surface area contributed by atoms with E-state index < -0.39 is 0 Å². The van der Waals surface area contributed by atoms with Crippen molar-refractivity contribution in [3.05, 3.63) is 17.8 Å². The second-order valence-corrected chi connectivity index (χ2v) is 3.61. The first-order valence-corrected chi connectivity index (χ1v) is 4.97. The number of nitrogens with zero attached hydrogens (tertiary/aromatic N) is 1. The summed E-state index contributed by atoms with van der Waals surface area (Å²) in [5, 5.41) is 0. The van der Waals surface area contributed by atoms with Gasteiger partial charge < -0.3 is 9.47 Å². The number of pyridine rings is 1. The number of hydrogen-bond donors (Lipinski definition) is 0. The Morgan fingerprint density at radius 3 is 2.79 bits per heavy atom. The van der Waals surface area contributed by atoms with Gasteiger partial charge in [-0.3, -0.25) is 0 Å². The minimum Gasteiger partial charge on any atom is -0.490 e. The second-order valence-electron chi connectivity index (χ2n) is 3.61. The molecule has 0 spiro atoms. The van der Waals surface area contributed by atoms with Gasteiger partial charge in [0.1, 0.15) is 5.75 Å². The van der Waals surface area contributed by atoms with Crippen molar-refractivity contribution in [3.8, 4) is 11.6 Å². The molecule has 1 heterocycles. The summed E-state index contributed by atoms with van der Waals surface area (Å²) in [6.07, 6.45) is 5.75. The largest absolute Gasteiger partial charge is 0.490 e. The van der Waals surface area contributed by atoms with E-state index in [9.17, 15) is 0 Å². The van der Waals surface area contributed by atoms with E-state index in [-0.39, 0.29) is 0 Å². The van der Waals surface area contributed by atoms with Crippen molar-refractivity contribution in [1.29, 1.82) is 0 Å². The van der Waals surface area contributed by atoms with Crippen LogP contribution in [0.4, 0.5) is 0 Å². The summed E-state index contributed by atoms with van der Waals surface area (Å²) < 4.78 is 10.9. The van der Waals surface area contributed by atoms with E-state index in [1.54, 1.807) is 13.3 Å². The average molecular weight is 193 g/mol. The molecule has 0 bridgehead atoms. The van der Waals surface area contributed by atoms with Gasteiger partial charge in [-0.25, -0.2) is 4.98 Å². The van der Waals surface area contributed by atoms with Crippen LogP contribution in [0.15, 0.2) is 12.3 Å². The molecule has 0 saturated heterocycles. The monoisotopic (exact) mass is 193 g/mol. The molecule has 1 saturated carbocycles. The highest BCUT2D eigenvalue weighted by atomic mass is 16.5. The Labute approximate surface area is 84.1 Å². The van der Waals surface area contributed by atoms with Crippen LogP contribution in [0.2, 0.25) is 0 Å². The molecule has 1 fully saturated rings. The SMILES string of the molecule is COc1nccc(OC2CCC2)c1C. The zero-order valence-electron chi connectivity index (χ0n) is 8.62. The normalized spacial score (nSPS) is 16.1. The van der Waals surface area contributed by atoms with E-state index in [1.165, 1.54) is 19.3 Å². The number of hydrogen-bond acceptors (Lipinski definition) is 3. The highest BCUT2D eigenvalue weighted by molar-refractivity contribution is 5.38. The van der Waals surface area contributed by atoms with Crippen molar-refractivity contribution >= 4 is 0 Å². The second kappa shape index (κ2) is 3.86. The van der Waals surface area contributed by atoms with Crippen LogP contribution in [0.3, 0.4) is 0 Å². The van der Waals surface area contributed by atoms with E-state index in [1.807, 2.05) is 13.0 Å². The zero-order chi connectivity index (χ0) is 9.97. The number of rotatable bonds is 3. The first kappa shape index (κ1) is 9.31. The first-order chi connectivity index (χ1) is 6.81. The third-order valence-electron chi connectivity index (χ3n) is 2.65. The molecule has 0 aliphatic heterocycles. The van der Waals surface area contributed by atoms with Crippen molar-refractivity contribution in [2.75, 3.05) is 7.11 Å². The average Bonchev–Trinajstić information content (AvgIpc) is 2.13. The molecule has 0 radical (unpaired) electrons. The molecule has 0 aromatic carbocycles. The van der Waals surface area contributed by atoms with Gasteiger partial charge in [-0.15, -0.1) is 0 Å². The molecule has 2 rings (SSSR count). The standard InChI is InChI=1S/C11H15NO2/c1-8-10(14-9-4-3-5-9)6-7-12-11(8)13-2/h6-7,9H,3-5H2,1-2H3. The molecule has 76 valence electrons. The van der Waals surface area contributed by atoms with Crippen LogP contribution < -0.4 is 9.47 Å². The van der Waals surface area contributed by atoms with Gasteiger partial charge in [-0.1, -0.05) is 0 Å². The molecule has 1 aliphatic rings. The zero-order valence-corrected chi connectivity index (χ0v) is 8.62. The molecule has 14 heavy (non-hydrogen) atoms. The van der Waals surface area contributed by atoms with Crippen LogP contribution in [-0.2, 0) is 0 Å². The summed E-state index contributed by atoms with van der Waals surface area (Å²) in [6.45, 7) is 1.97. The van der Waals surface area contributed by atoms with Crippen LogP contribution in [0.25, 0.3) is 0 Å². The third-order valence-corrected chi connectivity index (χ3v) is 2.65. The van der Waals surface area contributed by atoms with Crippen molar-refractivity contribution in [1.82, 2.24) is 4.98 Å². The number of ether oxygens (including phenoxy) is 2. The lowest BCUT2D eigenvalue weighted by Gasteiger charge is -2.27. The minimum absolute atomic E-state index is 0.404. The Morgan fingerprint density at radius 2 is 2.21 bits per heavy atom. The Morgan fingerprint density at radius 1 is 1.43 bits per heavy atom. The lowest BCUT2D eigenvalue weighted by molar-refractivity contribution is 0.119. The predicted molar refractivity (Wildman–Crippen MR) is 53.8 cm³/mol. The molecule has 0 unspecified atom stereocenters. The molecule has 0 N–H and O–H groups in total. The highest BCUT2D eigenvalue weighted by Crippen LogP contribution is 2.30. The lowest BCUT2D eigenvalue weighted by Crippen LogP contribution is -2.24. The number of aromatic nitrogens is 1. The maximum atomic E-state index is 5.80. The van der Waals surface area contributed by atoms with Crippen LogP contribution in [0.5, 0.6) is 11.6 Å². The van der Waals surface area contributed by atoms with Gasteiger partial charge in [0.15, 0.2) is 0 Å². The lowest BCUT2D eigenvalue weighted by atomic mass is 9.96. The van der Waals surface area contributed by atoms with Crippen molar-refractivity contribution in [2.45, 2.75) is 32.3 Å². The molecular formula is C11H15NO2. The van der Waals surface area contributed by atoms with E-state index in [2.05, 4.69) is 4.98 Å². The van der Waals surface area contributed by atoms with Gasteiger partial charge in [0.25, 0.3) is 0 Å². The van der Waals surface area contributed by atoms with E-state index >= 15 is 0 Å². The molecule has 3 nitrogen and oxygen atoms in total. The fourth-order valence-electron chi connectivity index (χ4n) is 1.50. The minimum atomic E-state index is 0.404. The fourth-order valence-corrected chi connectivity index (χ4v) is 1.50. The molecule has 1 aliphatic carbocycles. The van der Waals surface area contributed by atoms with Crippen LogP contribution in [0.1, 0.15) is 24.8 Å². The summed E-state index contributed by atoms with van der Waals surface area (Å²) in [5.41, 5.74) is 0.988. The van der Waals surface area contributed by atoms with Gasteiger partial charge in [0.2, 0.25) is 5.88 Å². The topological polar surface area (TPSA) is 31.4 Å². The van der Waals surface area contributed by atoms with E-state index in [4.69, 9.17) is 9.47 Å². The van der Waals surface area contributed by atoms with E-state index in [0.717, 1.165) is 11.3 Å². The van der Waals surface area contributed by atoms with Crippen molar-refractivity contribution in [3.63, 3.8) is 0 Å². The van der Waals surface area contributed by atoms with Crippen LogP contribution in [0, 0.1) is 6.92 Å². The Kier molecular flexibility index (Phi) is 2.57. The third kappa shape index (κ3) is 1.67. The Balaban J connectivity index is 2.15. The molecule has 0 amide bonds. The summed E-state index contributed by atoms with van der Waals surface area (Å²) in [7, 11) is 1.63. The quantitative estimate of drug-likeness (QED) is 0.738. The van der Waals surface area contributed by atoms with Crippen LogP contribution >= 0.6 is 0 Å². The molecule has 1 aromatic rings. The summed E-state index contributed by atoms with van der Waals surface area (Å²) in [5.74, 6) is 1.56. The predicted octanol–water partition coefficient (Wildman–Crippen LogP) is 2.33. The maximum Gasteiger partial charge on any atom is 0.219 e. The number of methoxy groups -OCH3 is 1.